The van der Waals surface area contributed by atoms with Gasteiger partial charge in [-0.15, -0.1) is 0 Å². The molecule has 16 heavy (non-hydrogen) atoms. The Morgan fingerprint density at radius 3 is 2.62 bits per heavy atom. The molecule has 3 nitrogen and oxygen atoms in total. The lowest BCUT2D eigenvalue weighted by molar-refractivity contribution is 0.413. The first-order valence-corrected chi connectivity index (χ1v) is 5.12. The molecule has 0 radical (unpaired) electrons. The quantitative estimate of drug-likeness (QED) is 0.852. The van der Waals surface area contributed by atoms with Crippen LogP contribution in [-0.4, -0.2) is 12.1 Å². The lowest BCUT2D eigenvalue weighted by Gasteiger charge is -2.06. The number of nitrogen functional groups attached to an aromatic ring is 1. The SMILES string of the molecule is COc1cnc(Cc2ccccc2)c(N)c1. The Morgan fingerprint density at radius 2 is 2.00 bits per heavy atom. The fraction of sp³-hybridized carbons (Fsp3) is 0.154. The van der Waals surface area contributed by atoms with E-state index in [9.17, 15) is 0 Å². The Labute approximate surface area is 94.9 Å². The monoisotopic (exact) mass is 214 g/mol. The number of benzene rings is 1. The molecular formula is C13H14N2O. The Bertz CT molecular complexity index is 469. The van der Waals surface area contributed by atoms with Gasteiger partial charge in [0, 0.05) is 12.5 Å². The highest BCUT2D eigenvalue weighted by molar-refractivity contribution is 5.48. The van der Waals surface area contributed by atoms with Crippen molar-refractivity contribution in [2.75, 3.05) is 12.8 Å². The molecule has 0 spiro atoms. The summed E-state index contributed by atoms with van der Waals surface area (Å²) in [6.07, 6.45) is 2.44. The fourth-order valence-corrected chi connectivity index (χ4v) is 1.54. The van der Waals surface area contributed by atoms with Crippen LogP contribution in [0.4, 0.5) is 5.69 Å². The third-order valence-electron chi connectivity index (χ3n) is 2.43. The molecule has 2 N–H and O–H groups in total. The number of hydrogen-bond donors (Lipinski definition) is 1. The molecule has 0 unspecified atom stereocenters. The molecule has 0 saturated heterocycles. The van der Waals surface area contributed by atoms with E-state index in [2.05, 4.69) is 17.1 Å². The van der Waals surface area contributed by atoms with Gasteiger partial charge < -0.3 is 10.5 Å². The van der Waals surface area contributed by atoms with E-state index in [1.165, 1.54) is 5.56 Å². The zero-order chi connectivity index (χ0) is 11.4. The standard InChI is InChI=1S/C13H14N2O/c1-16-11-8-12(14)13(15-9-11)7-10-5-3-2-4-6-10/h2-6,8-9H,7,14H2,1H3. The van der Waals surface area contributed by atoms with Crippen LogP contribution < -0.4 is 10.5 Å². The van der Waals surface area contributed by atoms with E-state index in [1.807, 2.05) is 18.2 Å². The topological polar surface area (TPSA) is 48.1 Å². The molecule has 1 aromatic heterocycles. The largest absolute Gasteiger partial charge is 0.495 e. The minimum atomic E-state index is 0.670. The lowest BCUT2D eigenvalue weighted by atomic mass is 10.1. The number of rotatable bonds is 3. The zero-order valence-corrected chi connectivity index (χ0v) is 9.18. The Morgan fingerprint density at radius 1 is 1.25 bits per heavy atom. The summed E-state index contributed by atoms with van der Waals surface area (Å²) in [6.45, 7) is 0. The highest BCUT2D eigenvalue weighted by Gasteiger charge is 2.03. The van der Waals surface area contributed by atoms with Crippen LogP contribution in [0.5, 0.6) is 5.75 Å². The number of nitrogens with two attached hydrogens (primary N) is 1. The van der Waals surface area contributed by atoms with Gasteiger partial charge in [-0.1, -0.05) is 30.3 Å². The number of nitrogens with zero attached hydrogens (tertiary/aromatic N) is 1. The number of pyridine rings is 1. The van der Waals surface area contributed by atoms with E-state index in [0.29, 0.717) is 11.4 Å². The molecule has 0 amide bonds. The summed E-state index contributed by atoms with van der Waals surface area (Å²) in [5.74, 6) is 0.689. The van der Waals surface area contributed by atoms with E-state index in [-0.39, 0.29) is 0 Å². The third-order valence-corrected chi connectivity index (χ3v) is 2.43. The maximum absolute atomic E-state index is 5.90. The second-order valence-corrected chi connectivity index (χ2v) is 3.57. The molecule has 0 aliphatic rings. The van der Waals surface area contributed by atoms with Crippen molar-refractivity contribution < 1.29 is 4.74 Å². The van der Waals surface area contributed by atoms with Gasteiger partial charge in [-0.05, 0) is 5.56 Å². The van der Waals surface area contributed by atoms with Crippen LogP contribution in [0, 0.1) is 0 Å². The number of anilines is 1. The van der Waals surface area contributed by atoms with Gasteiger partial charge in [0.1, 0.15) is 5.75 Å². The summed E-state index contributed by atoms with van der Waals surface area (Å²) in [4.78, 5) is 4.29. The first-order valence-electron chi connectivity index (χ1n) is 5.12. The molecule has 3 heteroatoms. The van der Waals surface area contributed by atoms with Gasteiger partial charge in [-0.2, -0.15) is 0 Å². The predicted molar refractivity (Wildman–Crippen MR) is 64.4 cm³/mol. The Hall–Kier alpha value is -2.03. The molecule has 1 aromatic carbocycles. The summed E-state index contributed by atoms with van der Waals surface area (Å²) >= 11 is 0. The summed E-state index contributed by atoms with van der Waals surface area (Å²) in [5.41, 5.74) is 8.65. The lowest BCUT2D eigenvalue weighted by Crippen LogP contribution is -1.99. The van der Waals surface area contributed by atoms with E-state index in [4.69, 9.17) is 10.5 Å². The second kappa shape index (κ2) is 4.66. The van der Waals surface area contributed by atoms with Gasteiger partial charge in [-0.3, -0.25) is 4.98 Å². The van der Waals surface area contributed by atoms with Crippen molar-refractivity contribution in [3.05, 3.63) is 53.9 Å². The smallest absolute Gasteiger partial charge is 0.139 e. The van der Waals surface area contributed by atoms with Crippen LogP contribution >= 0.6 is 0 Å². The highest BCUT2D eigenvalue weighted by atomic mass is 16.5. The van der Waals surface area contributed by atoms with Crippen LogP contribution in [0.25, 0.3) is 0 Å². The molecule has 2 aromatic rings. The molecule has 0 saturated carbocycles. The van der Waals surface area contributed by atoms with Crippen molar-refractivity contribution in [1.29, 1.82) is 0 Å². The van der Waals surface area contributed by atoms with Crippen molar-refractivity contribution in [2.45, 2.75) is 6.42 Å². The van der Waals surface area contributed by atoms with Gasteiger partial charge in [0.15, 0.2) is 0 Å². The van der Waals surface area contributed by atoms with Crippen molar-refractivity contribution in [3.8, 4) is 5.75 Å². The summed E-state index contributed by atoms with van der Waals surface area (Å²) < 4.78 is 5.06. The predicted octanol–water partition coefficient (Wildman–Crippen LogP) is 2.26. The number of aromatic nitrogens is 1. The summed E-state index contributed by atoms with van der Waals surface area (Å²) in [5, 5.41) is 0. The minimum absolute atomic E-state index is 0.670. The van der Waals surface area contributed by atoms with Gasteiger partial charge in [-0.25, -0.2) is 0 Å². The Kier molecular flexibility index (Phi) is 3.05. The highest BCUT2D eigenvalue weighted by Crippen LogP contribution is 2.19. The average Bonchev–Trinajstić information content (AvgIpc) is 2.33. The van der Waals surface area contributed by atoms with Crippen molar-refractivity contribution in [2.24, 2.45) is 0 Å². The molecule has 0 bridgehead atoms. The zero-order valence-electron chi connectivity index (χ0n) is 9.18. The van der Waals surface area contributed by atoms with Crippen LogP contribution in [0.2, 0.25) is 0 Å². The first-order chi connectivity index (χ1) is 7.79. The molecule has 0 aliphatic heterocycles. The second-order valence-electron chi connectivity index (χ2n) is 3.57. The molecule has 82 valence electrons. The molecule has 0 fully saturated rings. The van der Waals surface area contributed by atoms with Gasteiger partial charge in [0.05, 0.1) is 24.7 Å². The number of methoxy groups -OCH3 is 1. The van der Waals surface area contributed by atoms with Crippen LogP contribution in [0.1, 0.15) is 11.3 Å². The number of ether oxygens (including phenoxy) is 1. The third kappa shape index (κ3) is 2.31. The van der Waals surface area contributed by atoms with Crippen molar-refractivity contribution >= 4 is 5.69 Å². The van der Waals surface area contributed by atoms with E-state index in [1.54, 1.807) is 19.4 Å². The van der Waals surface area contributed by atoms with Crippen LogP contribution in [0.15, 0.2) is 42.6 Å². The van der Waals surface area contributed by atoms with Crippen LogP contribution in [-0.2, 0) is 6.42 Å². The van der Waals surface area contributed by atoms with Crippen molar-refractivity contribution in [1.82, 2.24) is 4.98 Å². The number of hydrogen-bond acceptors (Lipinski definition) is 3. The fourth-order valence-electron chi connectivity index (χ4n) is 1.54. The molecule has 0 aliphatic carbocycles. The minimum Gasteiger partial charge on any atom is -0.495 e. The normalized spacial score (nSPS) is 10.1. The maximum Gasteiger partial charge on any atom is 0.139 e. The maximum atomic E-state index is 5.90. The molecule has 1 heterocycles. The summed E-state index contributed by atoms with van der Waals surface area (Å²) in [7, 11) is 1.60. The first kappa shape index (κ1) is 10.5. The molecular weight excluding hydrogens is 200 g/mol. The molecule has 2 rings (SSSR count). The van der Waals surface area contributed by atoms with Crippen LogP contribution in [0.3, 0.4) is 0 Å². The molecule has 0 atom stereocenters. The van der Waals surface area contributed by atoms with Crippen molar-refractivity contribution in [3.63, 3.8) is 0 Å². The van der Waals surface area contributed by atoms with E-state index in [0.717, 1.165) is 12.1 Å². The Balaban J connectivity index is 2.22. The van der Waals surface area contributed by atoms with Gasteiger partial charge in [0.2, 0.25) is 0 Å². The van der Waals surface area contributed by atoms with E-state index < -0.39 is 0 Å². The summed E-state index contributed by atoms with van der Waals surface area (Å²) in [6, 6.07) is 11.9. The average molecular weight is 214 g/mol. The van der Waals surface area contributed by atoms with E-state index >= 15 is 0 Å². The van der Waals surface area contributed by atoms with Gasteiger partial charge >= 0.3 is 0 Å². The van der Waals surface area contributed by atoms with Gasteiger partial charge in [0.25, 0.3) is 0 Å².